The Kier molecular flexibility index (Phi) is 5.13. The molecule has 0 aromatic heterocycles. The van der Waals surface area contributed by atoms with E-state index in [2.05, 4.69) is 75.2 Å². The molecule has 0 saturated heterocycles. The van der Waals surface area contributed by atoms with E-state index >= 15 is 0 Å². The molecule has 1 atom stereocenters. The van der Waals surface area contributed by atoms with Crippen LogP contribution in [0.2, 0.25) is 0 Å². The molecule has 0 amide bonds. The fraction of sp³-hybridized carbons (Fsp3) is 0.455. The first-order valence-electron chi connectivity index (χ1n) is 9.12. The lowest BCUT2D eigenvalue weighted by Gasteiger charge is -2.27. The summed E-state index contributed by atoms with van der Waals surface area (Å²) in [7, 11) is 2.16. The zero-order valence-electron chi connectivity index (χ0n) is 15.4. The first kappa shape index (κ1) is 16.9. The highest BCUT2D eigenvalue weighted by molar-refractivity contribution is 5.58. The average molecular weight is 323 g/mol. The molecule has 2 aliphatic rings. The Morgan fingerprint density at radius 1 is 1.21 bits per heavy atom. The summed E-state index contributed by atoms with van der Waals surface area (Å²) in [5.74, 6) is 2.24. The minimum atomic E-state index is 0.591. The molecule has 0 fully saturated rings. The van der Waals surface area contributed by atoms with Gasteiger partial charge in [0.1, 0.15) is 5.75 Å². The SMILES string of the molecule is CC(C)C1=C/C/C=C(/N(C)c2ccc3c(c2)OCC[C@H]3C)C/C=C\1. The number of ether oxygens (including phenoxy) is 1. The Morgan fingerprint density at radius 2 is 2.04 bits per heavy atom. The summed E-state index contributed by atoms with van der Waals surface area (Å²) >= 11 is 0. The fourth-order valence-electron chi connectivity index (χ4n) is 3.43. The van der Waals surface area contributed by atoms with Crippen LogP contribution < -0.4 is 9.64 Å². The van der Waals surface area contributed by atoms with E-state index in [1.165, 1.54) is 22.5 Å². The molecule has 0 unspecified atom stereocenters. The van der Waals surface area contributed by atoms with Crippen LogP contribution >= 0.6 is 0 Å². The molecular formula is C22H29NO. The molecule has 1 aromatic rings. The second kappa shape index (κ2) is 7.29. The minimum absolute atomic E-state index is 0.591. The molecule has 128 valence electrons. The highest BCUT2D eigenvalue weighted by Gasteiger charge is 2.19. The van der Waals surface area contributed by atoms with Crippen LogP contribution in [0.3, 0.4) is 0 Å². The van der Waals surface area contributed by atoms with Gasteiger partial charge in [0.2, 0.25) is 0 Å². The van der Waals surface area contributed by atoms with Crippen molar-refractivity contribution in [2.75, 3.05) is 18.6 Å². The molecule has 3 rings (SSSR count). The largest absolute Gasteiger partial charge is 0.493 e. The lowest BCUT2D eigenvalue weighted by molar-refractivity contribution is 0.272. The molecule has 0 spiro atoms. The zero-order valence-corrected chi connectivity index (χ0v) is 15.4. The summed E-state index contributed by atoms with van der Waals surface area (Å²) in [6.07, 6.45) is 12.3. The summed E-state index contributed by atoms with van der Waals surface area (Å²) in [5.41, 5.74) is 5.32. The van der Waals surface area contributed by atoms with Crippen molar-refractivity contribution in [1.82, 2.24) is 0 Å². The first-order valence-corrected chi connectivity index (χ1v) is 9.12. The smallest absolute Gasteiger partial charge is 0.124 e. The average Bonchev–Trinajstić information content (AvgIpc) is 2.54. The Hall–Kier alpha value is -1.96. The van der Waals surface area contributed by atoms with Gasteiger partial charge in [-0.15, -0.1) is 0 Å². The van der Waals surface area contributed by atoms with Gasteiger partial charge in [0.05, 0.1) is 6.61 Å². The molecule has 0 radical (unpaired) electrons. The number of hydrogen-bond acceptors (Lipinski definition) is 2. The molecule has 0 bridgehead atoms. The number of rotatable bonds is 3. The first-order chi connectivity index (χ1) is 11.6. The summed E-state index contributed by atoms with van der Waals surface area (Å²) in [6.45, 7) is 7.62. The Morgan fingerprint density at radius 3 is 2.83 bits per heavy atom. The third-order valence-electron chi connectivity index (χ3n) is 5.17. The van der Waals surface area contributed by atoms with Crippen molar-refractivity contribution in [3.8, 4) is 5.75 Å². The van der Waals surface area contributed by atoms with Crippen molar-refractivity contribution < 1.29 is 4.74 Å². The van der Waals surface area contributed by atoms with Gasteiger partial charge in [-0.1, -0.05) is 51.1 Å². The second-order valence-corrected chi connectivity index (χ2v) is 7.22. The van der Waals surface area contributed by atoms with Gasteiger partial charge in [-0.05, 0) is 41.9 Å². The number of anilines is 1. The number of fused-ring (bicyclic) bond motifs is 1. The lowest BCUT2D eigenvalue weighted by Crippen LogP contribution is -2.18. The van der Waals surface area contributed by atoms with E-state index in [0.717, 1.165) is 31.6 Å². The molecule has 2 nitrogen and oxygen atoms in total. The van der Waals surface area contributed by atoms with Crippen LogP contribution in [-0.4, -0.2) is 13.7 Å². The summed E-state index contributed by atoms with van der Waals surface area (Å²) < 4.78 is 5.89. The third-order valence-corrected chi connectivity index (χ3v) is 5.17. The molecule has 1 aliphatic heterocycles. The molecule has 0 N–H and O–H groups in total. The van der Waals surface area contributed by atoms with Crippen molar-refractivity contribution in [1.29, 1.82) is 0 Å². The van der Waals surface area contributed by atoms with E-state index in [1.807, 2.05) is 0 Å². The Balaban J connectivity index is 1.81. The van der Waals surface area contributed by atoms with Crippen LogP contribution in [0.25, 0.3) is 0 Å². The van der Waals surface area contributed by atoms with Crippen LogP contribution in [0.1, 0.15) is 51.5 Å². The van der Waals surface area contributed by atoms with Crippen LogP contribution in [0.5, 0.6) is 5.75 Å². The van der Waals surface area contributed by atoms with Gasteiger partial charge in [0, 0.05) is 30.9 Å². The van der Waals surface area contributed by atoms with E-state index in [1.54, 1.807) is 0 Å². The number of allylic oxidation sites excluding steroid dienone is 5. The zero-order chi connectivity index (χ0) is 17.1. The predicted molar refractivity (Wildman–Crippen MR) is 103 cm³/mol. The van der Waals surface area contributed by atoms with Gasteiger partial charge in [-0.3, -0.25) is 0 Å². The predicted octanol–water partition coefficient (Wildman–Crippen LogP) is 5.83. The van der Waals surface area contributed by atoms with E-state index in [9.17, 15) is 0 Å². The van der Waals surface area contributed by atoms with Gasteiger partial charge in [0.25, 0.3) is 0 Å². The Labute approximate surface area is 146 Å². The van der Waals surface area contributed by atoms with E-state index < -0.39 is 0 Å². The fourth-order valence-corrected chi connectivity index (χ4v) is 3.43. The molecule has 1 aromatic carbocycles. The van der Waals surface area contributed by atoms with Crippen molar-refractivity contribution in [2.45, 2.75) is 46.0 Å². The molecule has 24 heavy (non-hydrogen) atoms. The standard InChI is InChI=1S/C22H29NO/c1-16(2)18-7-5-9-19(10-6-8-18)23(4)20-11-12-21-17(3)13-14-24-22(21)15-20/h5,7-8,10-12,15-17H,6,9,13-14H2,1-4H3/b7-5-,18-8+,19-10+/t17-/m1/s1. The van der Waals surface area contributed by atoms with Gasteiger partial charge < -0.3 is 9.64 Å². The van der Waals surface area contributed by atoms with Crippen molar-refractivity contribution in [2.24, 2.45) is 5.92 Å². The van der Waals surface area contributed by atoms with Gasteiger partial charge >= 0.3 is 0 Å². The van der Waals surface area contributed by atoms with Gasteiger partial charge in [-0.2, -0.15) is 0 Å². The molecule has 0 saturated carbocycles. The lowest BCUT2D eigenvalue weighted by atomic mass is 9.94. The van der Waals surface area contributed by atoms with Crippen LogP contribution in [0.4, 0.5) is 5.69 Å². The van der Waals surface area contributed by atoms with Crippen LogP contribution in [0, 0.1) is 5.92 Å². The highest BCUT2D eigenvalue weighted by atomic mass is 16.5. The maximum atomic E-state index is 5.89. The maximum absolute atomic E-state index is 5.89. The quantitative estimate of drug-likeness (QED) is 0.694. The second-order valence-electron chi connectivity index (χ2n) is 7.22. The van der Waals surface area contributed by atoms with Crippen molar-refractivity contribution in [3.05, 3.63) is 59.3 Å². The topological polar surface area (TPSA) is 12.5 Å². The van der Waals surface area contributed by atoms with Crippen LogP contribution in [0.15, 0.2) is 53.8 Å². The third kappa shape index (κ3) is 3.58. The van der Waals surface area contributed by atoms with Crippen molar-refractivity contribution >= 4 is 5.69 Å². The van der Waals surface area contributed by atoms with Gasteiger partial charge in [-0.25, -0.2) is 0 Å². The highest BCUT2D eigenvalue weighted by Crippen LogP contribution is 2.36. The van der Waals surface area contributed by atoms with Gasteiger partial charge in [0.15, 0.2) is 0 Å². The number of benzene rings is 1. The van der Waals surface area contributed by atoms with Crippen molar-refractivity contribution in [3.63, 3.8) is 0 Å². The normalized spacial score (nSPS) is 26.1. The van der Waals surface area contributed by atoms with E-state index in [0.29, 0.717) is 11.8 Å². The summed E-state index contributed by atoms with van der Waals surface area (Å²) in [6, 6.07) is 6.66. The molecule has 1 heterocycles. The number of nitrogens with zero attached hydrogens (tertiary/aromatic N) is 1. The summed E-state index contributed by atoms with van der Waals surface area (Å²) in [5, 5.41) is 0. The van der Waals surface area contributed by atoms with Crippen LogP contribution in [-0.2, 0) is 0 Å². The van der Waals surface area contributed by atoms with E-state index in [-0.39, 0.29) is 0 Å². The summed E-state index contributed by atoms with van der Waals surface area (Å²) in [4.78, 5) is 2.29. The molecular weight excluding hydrogens is 294 g/mol. The molecule has 2 heteroatoms. The number of hydrogen-bond donors (Lipinski definition) is 0. The monoisotopic (exact) mass is 323 g/mol. The maximum Gasteiger partial charge on any atom is 0.124 e. The van der Waals surface area contributed by atoms with E-state index in [4.69, 9.17) is 4.74 Å². The molecule has 1 aliphatic carbocycles. The minimum Gasteiger partial charge on any atom is -0.493 e. The Bertz CT molecular complexity index is 681.